The highest BCUT2D eigenvalue weighted by atomic mass is 16.6. The van der Waals surface area contributed by atoms with E-state index in [0.717, 1.165) is 0 Å². The predicted octanol–water partition coefficient (Wildman–Crippen LogP) is 0.848. The Morgan fingerprint density at radius 1 is 1.67 bits per heavy atom. The number of ether oxygens (including phenoxy) is 1. The van der Waals surface area contributed by atoms with Gasteiger partial charge in [-0.3, -0.25) is 4.79 Å². The van der Waals surface area contributed by atoms with E-state index in [0.29, 0.717) is 12.0 Å². The van der Waals surface area contributed by atoms with E-state index in [9.17, 15) is 14.9 Å². The van der Waals surface area contributed by atoms with Crippen LogP contribution in [0.15, 0.2) is 0 Å². The van der Waals surface area contributed by atoms with Gasteiger partial charge in [-0.2, -0.15) is 0 Å². The Balaban J connectivity index is 3.35. The summed E-state index contributed by atoms with van der Waals surface area (Å²) in [4.78, 5) is 24.2. The summed E-state index contributed by atoms with van der Waals surface area (Å²) < 4.78 is 6.26. The monoisotopic (exact) mass is 213 g/mol. The first-order valence-electron chi connectivity index (χ1n) is 4.21. The second kappa shape index (κ2) is 4.18. The molecule has 1 aromatic rings. The molecule has 82 valence electrons. The molecule has 0 amide bonds. The average Bonchev–Trinajstić information content (AvgIpc) is 2.54. The molecular weight excluding hydrogens is 202 g/mol. The first-order valence-corrected chi connectivity index (χ1v) is 4.21. The number of methoxy groups -OCH3 is 1. The summed E-state index contributed by atoms with van der Waals surface area (Å²) in [5.74, 6) is -0.365. The molecule has 0 spiro atoms. The van der Waals surface area contributed by atoms with Gasteiger partial charge in [-0.25, -0.2) is 4.57 Å². The normalized spacial score (nSPS) is 12.5. The molecule has 0 radical (unpaired) electrons. The van der Waals surface area contributed by atoms with Gasteiger partial charge in [0.15, 0.2) is 12.0 Å². The zero-order valence-corrected chi connectivity index (χ0v) is 8.63. The number of rotatable bonds is 4. The molecule has 0 aliphatic carbocycles. The van der Waals surface area contributed by atoms with Crippen LogP contribution in [0.2, 0.25) is 0 Å². The van der Waals surface area contributed by atoms with Gasteiger partial charge in [0, 0.05) is 7.11 Å². The molecule has 0 saturated heterocycles. The first kappa shape index (κ1) is 11.3. The lowest BCUT2D eigenvalue weighted by atomic mass is 10.2. The lowest BCUT2D eigenvalue weighted by Crippen LogP contribution is -2.07. The van der Waals surface area contributed by atoms with Crippen LogP contribution in [0.25, 0.3) is 0 Å². The van der Waals surface area contributed by atoms with E-state index in [1.54, 1.807) is 6.92 Å². The highest BCUT2D eigenvalue weighted by Gasteiger charge is 2.28. The summed E-state index contributed by atoms with van der Waals surface area (Å²) >= 11 is 0. The fourth-order valence-corrected chi connectivity index (χ4v) is 1.36. The summed E-state index contributed by atoms with van der Waals surface area (Å²) in [6.45, 7) is 1.69. The largest absolute Gasteiger partial charge is 0.435 e. The van der Waals surface area contributed by atoms with Gasteiger partial charge in [0.1, 0.15) is 6.10 Å². The third-order valence-electron chi connectivity index (χ3n) is 2.16. The van der Waals surface area contributed by atoms with Crippen molar-refractivity contribution in [3.8, 4) is 0 Å². The van der Waals surface area contributed by atoms with Crippen LogP contribution in [-0.4, -0.2) is 27.9 Å². The van der Waals surface area contributed by atoms with E-state index in [1.165, 1.54) is 18.7 Å². The smallest absolute Gasteiger partial charge is 0.390 e. The Morgan fingerprint density at radius 2 is 2.27 bits per heavy atom. The molecule has 1 heterocycles. The standard InChI is InChI=1S/C8H11N3O4/c1-5(15-3)7-6(4-12)9-8(10(7)2)11(13)14/h4-5H,1-3H3. The van der Waals surface area contributed by atoms with Crippen LogP contribution in [0.4, 0.5) is 5.95 Å². The predicted molar refractivity (Wildman–Crippen MR) is 50.7 cm³/mol. The number of aromatic nitrogens is 2. The number of nitro groups is 1. The van der Waals surface area contributed by atoms with Crippen molar-refractivity contribution < 1.29 is 14.5 Å². The molecule has 0 aliphatic rings. The van der Waals surface area contributed by atoms with Gasteiger partial charge in [-0.1, -0.05) is 4.98 Å². The fourth-order valence-electron chi connectivity index (χ4n) is 1.36. The second-order valence-corrected chi connectivity index (χ2v) is 2.99. The van der Waals surface area contributed by atoms with E-state index in [2.05, 4.69) is 4.98 Å². The maximum Gasteiger partial charge on any atom is 0.435 e. The summed E-state index contributed by atoms with van der Waals surface area (Å²) in [6.07, 6.45) is 0.0640. The number of aldehydes is 1. The van der Waals surface area contributed by atoms with Crippen molar-refractivity contribution in [1.82, 2.24) is 9.55 Å². The van der Waals surface area contributed by atoms with Crippen molar-refractivity contribution in [3.63, 3.8) is 0 Å². The van der Waals surface area contributed by atoms with Gasteiger partial charge in [0.25, 0.3) is 0 Å². The zero-order valence-electron chi connectivity index (χ0n) is 8.63. The summed E-state index contributed by atoms with van der Waals surface area (Å²) in [5.41, 5.74) is 0.442. The van der Waals surface area contributed by atoms with Crippen LogP contribution in [0.3, 0.4) is 0 Å². The molecule has 0 N–H and O–H groups in total. The zero-order chi connectivity index (χ0) is 11.6. The number of hydrogen-bond acceptors (Lipinski definition) is 5. The molecule has 0 saturated carbocycles. The number of carbonyl (C=O) groups is 1. The third-order valence-corrected chi connectivity index (χ3v) is 2.16. The molecule has 1 unspecified atom stereocenters. The number of imidazole rings is 1. The molecule has 0 aliphatic heterocycles. The van der Waals surface area contributed by atoms with Crippen molar-refractivity contribution in [2.24, 2.45) is 7.05 Å². The number of carbonyl (C=O) groups excluding carboxylic acids is 1. The van der Waals surface area contributed by atoms with Crippen molar-refractivity contribution in [1.29, 1.82) is 0 Å². The lowest BCUT2D eigenvalue weighted by Gasteiger charge is -2.07. The average molecular weight is 213 g/mol. The van der Waals surface area contributed by atoms with E-state index in [1.807, 2.05) is 0 Å². The van der Waals surface area contributed by atoms with Crippen molar-refractivity contribution >= 4 is 12.2 Å². The van der Waals surface area contributed by atoms with Crippen molar-refractivity contribution in [3.05, 3.63) is 21.5 Å². The minimum Gasteiger partial charge on any atom is -0.390 e. The molecule has 0 fully saturated rings. The maximum absolute atomic E-state index is 10.7. The van der Waals surface area contributed by atoms with Crippen LogP contribution < -0.4 is 0 Å². The van der Waals surface area contributed by atoms with Gasteiger partial charge >= 0.3 is 5.95 Å². The molecular formula is C8H11N3O4. The topological polar surface area (TPSA) is 87.3 Å². The SMILES string of the molecule is COC(C)c1c(C=O)nc([N+](=O)[O-])n1C. The Morgan fingerprint density at radius 3 is 2.67 bits per heavy atom. The Labute approximate surface area is 85.8 Å². The van der Waals surface area contributed by atoms with E-state index >= 15 is 0 Å². The van der Waals surface area contributed by atoms with Crippen LogP contribution in [0.5, 0.6) is 0 Å². The van der Waals surface area contributed by atoms with Gasteiger partial charge in [0.2, 0.25) is 5.69 Å². The van der Waals surface area contributed by atoms with Gasteiger partial charge in [-0.05, 0) is 11.8 Å². The molecule has 15 heavy (non-hydrogen) atoms. The van der Waals surface area contributed by atoms with E-state index < -0.39 is 11.0 Å². The van der Waals surface area contributed by atoms with E-state index in [-0.39, 0.29) is 11.6 Å². The number of nitrogens with zero attached hydrogens (tertiary/aromatic N) is 3. The van der Waals surface area contributed by atoms with Gasteiger partial charge in [0.05, 0.1) is 7.05 Å². The number of hydrogen-bond donors (Lipinski definition) is 0. The maximum atomic E-state index is 10.7. The van der Waals surface area contributed by atoms with Crippen LogP contribution >= 0.6 is 0 Å². The first-order chi connectivity index (χ1) is 7.02. The molecule has 1 aromatic heterocycles. The minimum atomic E-state index is -0.640. The van der Waals surface area contributed by atoms with Crippen LogP contribution in [-0.2, 0) is 11.8 Å². The molecule has 7 nitrogen and oxygen atoms in total. The highest BCUT2D eigenvalue weighted by Crippen LogP contribution is 2.23. The summed E-state index contributed by atoms with van der Waals surface area (Å²) in [7, 11) is 2.93. The van der Waals surface area contributed by atoms with Gasteiger partial charge in [-0.15, -0.1) is 0 Å². The van der Waals surface area contributed by atoms with Gasteiger partial charge < -0.3 is 14.9 Å². The third kappa shape index (κ3) is 1.86. The van der Waals surface area contributed by atoms with Crippen LogP contribution in [0.1, 0.15) is 29.2 Å². The molecule has 0 bridgehead atoms. The molecule has 7 heteroatoms. The fraction of sp³-hybridized carbons (Fsp3) is 0.500. The lowest BCUT2D eigenvalue weighted by molar-refractivity contribution is -0.396. The summed E-state index contributed by atoms with van der Waals surface area (Å²) in [5, 5.41) is 10.6. The van der Waals surface area contributed by atoms with Crippen molar-refractivity contribution in [2.45, 2.75) is 13.0 Å². The minimum absolute atomic E-state index is 0.0403. The molecule has 1 rings (SSSR count). The van der Waals surface area contributed by atoms with Crippen molar-refractivity contribution in [2.75, 3.05) is 7.11 Å². The second-order valence-electron chi connectivity index (χ2n) is 2.99. The van der Waals surface area contributed by atoms with Crippen LogP contribution in [0, 0.1) is 10.1 Å². The Kier molecular flexibility index (Phi) is 3.15. The quantitative estimate of drug-likeness (QED) is 0.420. The highest BCUT2D eigenvalue weighted by molar-refractivity contribution is 5.74. The molecule has 1 atom stereocenters. The molecule has 0 aromatic carbocycles. The Bertz CT molecular complexity index is 399. The van der Waals surface area contributed by atoms with E-state index in [4.69, 9.17) is 4.74 Å². The summed E-state index contributed by atoms with van der Waals surface area (Å²) in [6, 6.07) is 0. The Hall–Kier alpha value is -1.76.